The fourth-order valence-electron chi connectivity index (χ4n) is 2.05. The van der Waals surface area contributed by atoms with Crippen LogP contribution in [0.4, 0.5) is 0 Å². The van der Waals surface area contributed by atoms with Crippen LogP contribution in [0.2, 0.25) is 0 Å². The lowest BCUT2D eigenvalue weighted by Gasteiger charge is -2.22. The van der Waals surface area contributed by atoms with E-state index in [2.05, 4.69) is 4.90 Å². The lowest BCUT2D eigenvalue weighted by atomic mass is 10.2. The molecule has 0 aliphatic carbocycles. The standard InChI is InChI=1S/C9H17NO4S/c1-15(11,12)7-4-10-3-2-9(8-10)13-5-6-14-9/h2-8H2,1H3. The Morgan fingerprint density at radius 3 is 2.60 bits per heavy atom. The van der Waals surface area contributed by atoms with Gasteiger partial charge in [0, 0.05) is 25.8 Å². The largest absolute Gasteiger partial charge is 0.346 e. The fourth-order valence-corrected chi connectivity index (χ4v) is 2.64. The van der Waals surface area contributed by atoms with E-state index >= 15 is 0 Å². The van der Waals surface area contributed by atoms with Crippen LogP contribution in [0.25, 0.3) is 0 Å². The minimum Gasteiger partial charge on any atom is -0.346 e. The molecule has 0 aromatic heterocycles. The Kier molecular flexibility index (Phi) is 3.03. The van der Waals surface area contributed by atoms with Gasteiger partial charge in [-0.1, -0.05) is 0 Å². The highest BCUT2D eigenvalue weighted by Crippen LogP contribution is 2.30. The lowest BCUT2D eigenvalue weighted by molar-refractivity contribution is -0.145. The molecule has 0 N–H and O–H groups in total. The molecule has 1 spiro atoms. The van der Waals surface area contributed by atoms with Crippen LogP contribution in [0, 0.1) is 0 Å². The third kappa shape index (κ3) is 2.90. The van der Waals surface area contributed by atoms with E-state index in [0.29, 0.717) is 26.3 Å². The first kappa shape index (κ1) is 11.3. The second kappa shape index (κ2) is 4.01. The van der Waals surface area contributed by atoms with Crippen molar-refractivity contribution in [1.82, 2.24) is 4.90 Å². The summed E-state index contributed by atoms with van der Waals surface area (Å²) in [6, 6.07) is 0. The molecule has 2 aliphatic heterocycles. The summed E-state index contributed by atoms with van der Waals surface area (Å²) in [5.74, 6) is -0.222. The molecule has 0 aromatic rings. The van der Waals surface area contributed by atoms with Crippen molar-refractivity contribution in [1.29, 1.82) is 0 Å². The zero-order chi connectivity index (χ0) is 10.9. The maximum Gasteiger partial charge on any atom is 0.182 e. The third-order valence-electron chi connectivity index (χ3n) is 2.87. The van der Waals surface area contributed by atoms with Crippen LogP contribution >= 0.6 is 0 Å². The molecule has 0 bridgehead atoms. The van der Waals surface area contributed by atoms with Crippen LogP contribution in [-0.2, 0) is 19.3 Å². The zero-order valence-corrected chi connectivity index (χ0v) is 9.75. The Morgan fingerprint density at radius 2 is 2.00 bits per heavy atom. The molecule has 2 rings (SSSR count). The Labute approximate surface area is 90.3 Å². The molecule has 5 nitrogen and oxygen atoms in total. The van der Waals surface area contributed by atoms with E-state index in [-0.39, 0.29) is 5.75 Å². The van der Waals surface area contributed by atoms with Gasteiger partial charge in [-0.15, -0.1) is 0 Å². The van der Waals surface area contributed by atoms with Gasteiger partial charge in [0.25, 0.3) is 0 Å². The van der Waals surface area contributed by atoms with Crippen molar-refractivity contribution in [2.75, 3.05) is 44.9 Å². The van der Waals surface area contributed by atoms with Crippen LogP contribution < -0.4 is 0 Å². The van der Waals surface area contributed by atoms with E-state index in [0.717, 1.165) is 13.0 Å². The Hall–Kier alpha value is -0.170. The topological polar surface area (TPSA) is 55.8 Å². The van der Waals surface area contributed by atoms with Crippen LogP contribution in [0.15, 0.2) is 0 Å². The predicted octanol–water partition coefficient (Wildman–Crippen LogP) is -0.520. The molecule has 0 aromatic carbocycles. The molecule has 15 heavy (non-hydrogen) atoms. The van der Waals surface area contributed by atoms with Gasteiger partial charge in [-0.05, 0) is 0 Å². The van der Waals surface area contributed by atoms with Crippen molar-refractivity contribution >= 4 is 9.84 Å². The summed E-state index contributed by atoms with van der Waals surface area (Å²) in [5.41, 5.74) is 0. The highest BCUT2D eigenvalue weighted by atomic mass is 32.2. The minimum atomic E-state index is -2.87. The van der Waals surface area contributed by atoms with Gasteiger partial charge in [0.15, 0.2) is 5.79 Å². The molecule has 0 amide bonds. The molecule has 88 valence electrons. The Bertz CT molecular complexity index is 321. The van der Waals surface area contributed by atoms with Gasteiger partial charge >= 0.3 is 0 Å². The van der Waals surface area contributed by atoms with Crippen molar-refractivity contribution in [2.45, 2.75) is 12.2 Å². The number of nitrogens with zero attached hydrogens (tertiary/aromatic N) is 1. The molecule has 2 heterocycles. The summed E-state index contributed by atoms with van der Waals surface area (Å²) in [6.07, 6.45) is 2.11. The third-order valence-corrected chi connectivity index (χ3v) is 3.79. The van der Waals surface area contributed by atoms with Crippen molar-refractivity contribution in [3.05, 3.63) is 0 Å². The van der Waals surface area contributed by atoms with E-state index in [9.17, 15) is 8.42 Å². The second-order valence-electron chi connectivity index (χ2n) is 4.26. The van der Waals surface area contributed by atoms with Gasteiger partial charge in [-0.3, -0.25) is 4.90 Å². The Balaban J connectivity index is 1.82. The molecular weight excluding hydrogens is 218 g/mol. The van der Waals surface area contributed by atoms with E-state index in [4.69, 9.17) is 9.47 Å². The van der Waals surface area contributed by atoms with E-state index in [1.54, 1.807) is 0 Å². The van der Waals surface area contributed by atoms with Gasteiger partial charge in [0.1, 0.15) is 9.84 Å². The summed E-state index contributed by atoms with van der Waals surface area (Å²) in [4.78, 5) is 2.09. The number of hydrogen-bond acceptors (Lipinski definition) is 5. The molecule has 0 saturated carbocycles. The van der Waals surface area contributed by atoms with E-state index in [1.807, 2.05) is 0 Å². The number of likely N-dealkylation sites (tertiary alicyclic amines) is 1. The van der Waals surface area contributed by atoms with Crippen LogP contribution in [0.3, 0.4) is 0 Å². The van der Waals surface area contributed by atoms with Crippen LogP contribution in [-0.4, -0.2) is 64.0 Å². The SMILES string of the molecule is CS(=O)(=O)CCN1CCC2(C1)OCCO2. The first-order valence-electron chi connectivity index (χ1n) is 5.17. The van der Waals surface area contributed by atoms with E-state index < -0.39 is 15.6 Å². The molecule has 6 heteroatoms. The quantitative estimate of drug-likeness (QED) is 0.659. The minimum absolute atomic E-state index is 0.211. The number of rotatable bonds is 3. The maximum absolute atomic E-state index is 11.0. The normalized spacial score (nSPS) is 26.5. The average molecular weight is 235 g/mol. The van der Waals surface area contributed by atoms with Gasteiger partial charge in [0.2, 0.25) is 0 Å². The molecule has 2 aliphatic rings. The van der Waals surface area contributed by atoms with Crippen molar-refractivity contribution in [2.24, 2.45) is 0 Å². The second-order valence-corrected chi connectivity index (χ2v) is 6.52. The van der Waals surface area contributed by atoms with Crippen LogP contribution in [0.5, 0.6) is 0 Å². The molecule has 0 radical (unpaired) electrons. The van der Waals surface area contributed by atoms with Crippen LogP contribution in [0.1, 0.15) is 6.42 Å². The number of hydrogen-bond donors (Lipinski definition) is 0. The first-order chi connectivity index (χ1) is 6.99. The van der Waals surface area contributed by atoms with Gasteiger partial charge < -0.3 is 9.47 Å². The summed E-state index contributed by atoms with van der Waals surface area (Å²) >= 11 is 0. The smallest absolute Gasteiger partial charge is 0.182 e. The summed E-state index contributed by atoms with van der Waals surface area (Å²) in [7, 11) is -2.87. The maximum atomic E-state index is 11.0. The van der Waals surface area contributed by atoms with E-state index in [1.165, 1.54) is 6.26 Å². The fraction of sp³-hybridized carbons (Fsp3) is 1.00. The zero-order valence-electron chi connectivity index (χ0n) is 8.94. The summed E-state index contributed by atoms with van der Waals surface area (Å²) in [6.45, 7) is 3.44. The summed E-state index contributed by atoms with van der Waals surface area (Å²) in [5, 5.41) is 0. The number of ether oxygens (including phenoxy) is 2. The monoisotopic (exact) mass is 235 g/mol. The molecule has 2 fully saturated rings. The molecule has 0 unspecified atom stereocenters. The summed E-state index contributed by atoms with van der Waals surface area (Å²) < 4.78 is 33.1. The lowest BCUT2D eigenvalue weighted by Crippen LogP contribution is -2.35. The van der Waals surface area contributed by atoms with Gasteiger partial charge in [0.05, 0.1) is 25.5 Å². The molecular formula is C9H17NO4S. The Morgan fingerprint density at radius 1 is 1.33 bits per heavy atom. The molecule has 0 atom stereocenters. The highest BCUT2D eigenvalue weighted by molar-refractivity contribution is 7.90. The molecule has 2 saturated heterocycles. The number of sulfone groups is 1. The highest BCUT2D eigenvalue weighted by Gasteiger charge is 2.43. The van der Waals surface area contributed by atoms with Gasteiger partial charge in [-0.2, -0.15) is 0 Å². The van der Waals surface area contributed by atoms with Crippen molar-refractivity contribution in [3.63, 3.8) is 0 Å². The predicted molar refractivity (Wildman–Crippen MR) is 55.4 cm³/mol. The van der Waals surface area contributed by atoms with Gasteiger partial charge in [-0.25, -0.2) is 8.42 Å². The first-order valence-corrected chi connectivity index (χ1v) is 7.23. The van der Waals surface area contributed by atoms with Crippen molar-refractivity contribution in [3.8, 4) is 0 Å². The van der Waals surface area contributed by atoms with Crippen molar-refractivity contribution < 1.29 is 17.9 Å². The average Bonchev–Trinajstić information content (AvgIpc) is 2.73.